The van der Waals surface area contributed by atoms with Gasteiger partial charge in [-0.25, -0.2) is 9.18 Å². The number of carbonyl (C=O) groups is 1. The van der Waals surface area contributed by atoms with Gasteiger partial charge in [-0.1, -0.05) is 0 Å². The topological polar surface area (TPSA) is 42.2 Å². The highest BCUT2D eigenvalue weighted by molar-refractivity contribution is 5.94. The lowest BCUT2D eigenvalue weighted by Crippen LogP contribution is -2.18. The second-order valence-corrected chi connectivity index (χ2v) is 4.05. The van der Waals surface area contributed by atoms with Gasteiger partial charge in [-0.05, 0) is 24.3 Å². The van der Waals surface area contributed by atoms with Crippen molar-refractivity contribution in [3.63, 3.8) is 0 Å². The van der Waals surface area contributed by atoms with Gasteiger partial charge in [0.05, 0.1) is 11.3 Å². The third kappa shape index (κ3) is 2.69. The fourth-order valence-corrected chi connectivity index (χ4v) is 1.94. The molecule has 7 heteroatoms. The molecule has 1 aromatic carbocycles. The van der Waals surface area contributed by atoms with E-state index < -0.39 is 25.4 Å². The number of hydrogen-bond acceptors (Lipinski definition) is 1. The van der Waals surface area contributed by atoms with Gasteiger partial charge >= 0.3 is 12.1 Å². The van der Waals surface area contributed by atoms with E-state index in [-0.39, 0.29) is 22.2 Å². The summed E-state index contributed by atoms with van der Waals surface area (Å²) in [6.45, 7) is -2.35. The number of aromatic carboxylic acids is 1. The maximum atomic E-state index is 12.8. The minimum absolute atomic E-state index is 0.0536. The zero-order valence-electron chi connectivity index (χ0n) is 9.54. The third-order valence-electron chi connectivity index (χ3n) is 2.71. The molecular formula is C12H9F4NO2. The van der Waals surface area contributed by atoms with Gasteiger partial charge in [0, 0.05) is 10.9 Å². The van der Waals surface area contributed by atoms with Gasteiger partial charge in [0.2, 0.25) is 0 Å². The lowest BCUT2D eigenvalue weighted by Gasteiger charge is -2.11. The molecule has 0 amide bonds. The van der Waals surface area contributed by atoms with Crippen molar-refractivity contribution >= 4 is 16.9 Å². The molecule has 0 radical (unpaired) electrons. The molecule has 19 heavy (non-hydrogen) atoms. The van der Waals surface area contributed by atoms with E-state index >= 15 is 0 Å². The lowest BCUT2D eigenvalue weighted by molar-refractivity contribution is -0.140. The Morgan fingerprint density at radius 2 is 1.95 bits per heavy atom. The summed E-state index contributed by atoms with van der Waals surface area (Å²) >= 11 is 0. The molecule has 1 N–H and O–H groups in total. The number of fused-ring (bicyclic) bond motifs is 1. The highest BCUT2D eigenvalue weighted by Crippen LogP contribution is 2.27. The Labute approximate surface area is 105 Å². The summed E-state index contributed by atoms with van der Waals surface area (Å²) in [5, 5.41) is 9.08. The Morgan fingerprint density at radius 3 is 2.47 bits per heavy atom. The van der Waals surface area contributed by atoms with E-state index in [4.69, 9.17) is 5.11 Å². The van der Waals surface area contributed by atoms with Gasteiger partial charge in [0.15, 0.2) is 0 Å². The molecule has 0 aliphatic carbocycles. The van der Waals surface area contributed by atoms with Gasteiger partial charge in [0.1, 0.15) is 13.2 Å². The number of halogens is 4. The Balaban J connectivity index is 2.59. The molecule has 0 spiro atoms. The van der Waals surface area contributed by atoms with Crippen LogP contribution in [0.3, 0.4) is 0 Å². The van der Waals surface area contributed by atoms with Crippen LogP contribution >= 0.6 is 0 Å². The van der Waals surface area contributed by atoms with Gasteiger partial charge in [-0.3, -0.25) is 0 Å². The molecule has 3 nitrogen and oxygen atoms in total. The highest BCUT2D eigenvalue weighted by Gasteiger charge is 2.29. The number of aromatic nitrogens is 1. The van der Waals surface area contributed by atoms with Crippen LogP contribution in [0.5, 0.6) is 0 Å². The van der Waals surface area contributed by atoms with Crippen LogP contribution < -0.4 is 0 Å². The van der Waals surface area contributed by atoms with Crippen molar-refractivity contribution < 1.29 is 27.5 Å². The summed E-state index contributed by atoms with van der Waals surface area (Å²) in [5.74, 6) is -1.19. The molecule has 0 aliphatic heterocycles. The first-order valence-electron chi connectivity index (χ1n) is 5.30. The fraction of sp³-hybridized carbons (Fsp3) is 0.250. The van der Waals surface area contributed by atoms with Crippen molar-refractivity contribution in [3.8, 4) is 0 Å². The lowest BCUT2D eigenvalue weighted by atomic mass is 10.1. The molecule has 2 rings (SSSR count). The Kier molecular flexibility index (Phi) is 3.21. The van der Waals surface area contributed by atoms with Gasteiger partial charge in [0.25, 0.3) is 0 Å². The van der Waals surface area contributed by atoms with Crippen molar-refractivity contribution in [1.82, 2.24) is 4.57 Å². The first-order valence-corrected chi connectivity index (χ1v) is 5.30. The quantitative estimate of drug-likeness (QED) is 0.873. The summed E-state index contributed by atoms with van der Waals surface area (Å²) in [7, 11) is 0. The number of carboxylic acid groups (broad SMARTS) is 1. The molecule has 0 aliphatic rings. The first kappa shape index (κ1) is 13.4. The Morgan fingerprint density at radius 1 is 1.26 bits per heavy atom. The number of benzene rings is 1. The fourth-order valence-electron chi connectivity index (χ4n) is 1.94. The van der Waals surface area contributed by atoms with Crippen molar-refractivity contribution in [2.24, 2.45) is 0 Å². The standard InChI is InChI=1S/C12H9F4NO2/c13-5-9-4-8-3-7(11(18)19)1-2-10(8)17(9)6-12(14,15)16/h1-4H,5-6H2,(H,18,19). The van der Waals surface area contributed by atoms with E-state index in [1.54, 1.807) is 0 Å². The summed E-state index contributed by atoms with van der Waals surface area (Å²) in [6.07, 6.45) is -4.47. The van der Waals surface area contributed by atoms with E-state index in [0.717, 1.165) is 4.57 Å². The summed E-state index contributed by atoms with van der Waals surface area (Å²) in [6, 6.07) is 4.90. The third-order valence-corrected chi connectivity index (χ3v) is 2.71. The van der Waals surface area contributed by atoms with E-state index in [2.05, 4.69) is 0 Å². The van der Waals surface area contributed by atoms with Crippen LogP contribution in [0.15, 0.2) is 24.3 Å². The molecular weight excluding hydrogens is 266 g/mol. The normalized spacial score (nSPS) is 12.0. The van der Waals surface area contributed by atoms with Crippen LogP contribution in [0.4, 0.5) is 17.6 Å². The van der Waals surface area contributed by atoms with Gasteiger partial charge < -0.3 is 9.67 Å². The second kappa shape index (κ2) is 4.56. The zero-order valence-corrected chi connectivity index (χ0v) is 9.54. The van der Waals surface area contributed by atoms with Gasteiger partial charge in [-0.15, -0.1) is 0 Å². The minimum atomic E-state index is -4.47. The predicted octanol–water partition coefficient (Wildman–Crippen LogP) is 3.37. The maximum absolute atomic E-state index is 12.8. The Hall–Kier alpha value is -2.05. The molecule has 2 aromatic rings. The van der Waals surface area contributed by atoms with E-state index in [1.807, 2.05) is 0 Å². The molecule has 0 bridgehead atoms. The van der Waals surface area contributed by atoms with Crippen LogP contribution in [-0.2, 0) is 13.2 Å². The molecule has 0 fully saturated rings. The largest absolute Gasteiger partial charge is 0.478 e. The average molecular weight is 275 g/mol. The number of hydrogen-bond donors (Lipinski definition) is 1. The number of rotatable bonds is 3. The highest BCUT2D eigenvalue weighted by atomic mass is 19.4. The molecule has 102 valence electrons. The van der Waals surface area contributed by atoms with E-state index in [0.29, 0.717) is 0 Å². The van der Waals surface area contributed by atoms with Crippen LogP contribution in [0.2, 0.25) is 0 Å². The van der Waals surface area contributed by atoms with Crippen LogP contribution in [0.1, 0.15) is 16.1 Å². The van der Waals surface area contributed by atoms with Gasteiger partial charge in [-0.2, -0.15) is 13.2 Å². The smallest absolute Gasteiger partial charge is 0.406 e. The van der Waals surface area contributed by atoms with Crippen molar-refractivity contribution in [2.45, 2.75) is 19.4 Å². The summed E-state index contributed by atoms with van der Waals surface area (Å²) < 4.78 is 50.9. The van der Waals surface area contributed by atoms with Crippen LogP contribution in [0.25, 0.3) is 10.9 Å². The molecule has 0 saturated heterocycles. The SMILES string of the molecule is O=C(O)c1ccc2c(c1)cc(CF)n2CC(F)(F)F. The van der Waals surface area contributed by atoms with E-state index in [9.17, 15) is 22.4 Å². The second-order valence-electron chi connectivity index (χ2n) is 4.05. The predicted molar refractivity (Wildman–Crippen MR) is 59.8 cm³/mol. The summed E-state index contributed by atoms with van der Waals surface area (Å²) in [5.41, 5.74) is -0.0214. The van der Waals surface area contributed by atoms with E-state index in [1.165, 1.54) is 24.3 Å². The van der Waals surface area contributed by atoms with Crippen LogP contribution in [-0.4, -0.2) is 21.8 Å². The zero-order chi connectivity index (χ0) is 14.2. The number of nitrogens with zero attached hydrogens (tertiary/aromatic N) is 1. The molecule has 0 atom stereocenters. The number of alkyl halides is 4. The van der Waals surface area contributed by atoms with Crippen molar-refractivity contribution in [2.75, 3.05) is 0 Å². The molecule has 1 heterocycles. The Bertz CT molecular complexity index is 630. The summed E-state index contributed by atoms with van der Waals surface area (Å²) in [4.78, 5) is 10.8. The first-order chi connectivity index (χ1) is 8.81. The maximum Gasteiger partial charge on any atom is 0.406 e. The molecule has 1 aromatic heterocycles. The van der Waals surface area contributed by atoms with Crippen LogP contribution in [0, 0.1) is 0 Å². The van der Waals surface area contributed by atoms with Crippen molar-refractivity contribution in [3.05, 3.63) is 35.5 Å². The molecule has 0 unspecified atom stereocenters. The minimum Gasteiger partial charge on any atom is -0.478 e. The molecule has 0 saturated carbocycles. The monoisotopic (exact) mass is 275 g/mol. The van der Waals surface area contributed by atoms with Crippen molar-refractivity contribution in [1.29, 1.82) is 0 Å². The number of carboxylic acids is 1. The average Bonchev–Trinajstić information content (AvgIpc) is 2.64.